The van der Waals surface area contributed by atoms with Crippen molar-refractivity contribution in [1.82, 2.24) is 15.0 Å². The molecule has 4 aromatic rings. The third kappa shape index (κ3) is 3.30. The van der Waals surface area contributed by atoms with E-state index in [9.17, 15) is 10.2 Å². The first-order valence-electron chi connectivity index (χ1n) is 8.53. The van der Waals surface area contributed by atoms with Crippen LogP contribution in [0.25, 0.3) is 22.4 Å². The standard InChI is InChI=1S/C21H18N4O2/c1-13-20(27)17(15(12-26)10-22-13)11-23-16-8-6-14(7-9-16)21-24-18-4-2-3-5-19(18)25-21/h2-11,26-27H,12H2,1H3,(H,24,25). The Bertz CT molecular complexity index is 1100. The Morgan fingerprint density at radius 1 is 1.11 bits per heavy atom. The molecule has 2 aromatic heterocycles. The van der Waals surface area contributed by atoms with Gasteiger partial charge in [-0.1, -0.05) is 12.1 Å². The van der Waals surface area contributed by atoms with Gasteiger partial charge >= 0.3 is 0 Å². The van der Waals surface area contributed by atoms with Crippen LogP contribution in [0.15, 0.2) is 59.7 Å². The topological polar surface area (TPSA) is 94.4 Å². The van der Waals surface area contributed by atoms with E-state index >= 15 is 0 Å². The van der Waals surface area contributed by atoms with Crippen molar-refractivity contribution < 1.29 is 10.2 Å². The lowest BCUT2D eigenvalue weighted by atomic mass is 10.1. The van der Waals surface area contributed by atoms with Crippen molar-refractivity contribution in [3.63, 3.8) is 0 Å². The zero-order valence-corrected chi connectivity index (χ0v) is 14.7. The normalized spacial score (nSPS) is 11.5. The minimum Gasteiger partial charge on any atom is -0.505 e. The summed E-state index contributed by atoms with van der Waals surface area (Å²) in [5, 5.41) is 19.6. The third-order valence-electron chi connectivity index (χ3n) is 4.40. The highest BCUT2D eigenvalue weighted by Crippen LogP contribution is 2.25. The van der Waals surface area contributed by atoms with Crippen LogP contribution in [0.1, 0.15) is 16.8 Å². The van der Waals surface area contributed by atoms with Crippen molar-refractivity contribution >= 4 is 22.9 Å². The monoisotopic (exact) mass is 358 g/mol. The summed E-state index contributed by atoms with van der Waals surface area (Å²) in [6.07, 6.45) is 3.09. The zero-order valence-electron chi connectivity index (χ0n) is 14.7. The molecule has 0 bridgehead atoms. The maximum Gasteiger partial charge on any atom is 0.145 e. The van der Waals surface area contributed by atoms with Crippen LogP contribution in [0, 0.1) is 6.92 Å². The number of aromatic amines is 1. The minimum atomic E-state index is -0.215. The van der Waals surface area contributed by atoms with Gasteiger partial charge in [-0.25, -0.2) is 4.98 Å². The van der Waals surface area contributed by atoms with Crippen molar-refractivity contribution in [3.05, 3.63) is 71.5 Å². The van der Waals surface area contributed by atoms with E-state index in [4.69, 9.17) is 0 Å². The highest BCUT2D eigenvalue weighted by atomic mass is 16.3. The Balaban J connectivity index is 1.61. The summed E-state index contributed by atoms with van der Waals surface area (Å²) >= 11 is 0. The first kappa shape index (κ1) is 16.9. The van der Waals surface area contributed by atoms with E-state index in [0.29, 0.717) is 16.8 Å². The smallest absolute Gasteiger partial charge is 0.145 e. The third-order valence-corrected chi connectivity index (χ3v) is 4.40. The van der Waals surface area contributed by atoms with Gasteiger partial charge in [0.15, 0.2) is 0 Å². The lowest BCUT2D eigenvalue weighted by molar-refractivity contribution is 0.280. The summed E-state index contributed by atoms with van der Waals surface area (Å²) in [7, 11) is 0. The van der Waals surface area contributed by atoms with Gasteiger partial charge in [-0.05, 0) is 43.3 Å². The van der Waals surface area contributed by atoms with E-state index in [1.807, 2.05) is 48.5 Å². The molecule has 0 aliphatic rings. The molecule has 6 heteroatoms. The van der Waals surface area contributed by atoms with E-state index in [1.165, 1.54) is 0 Å². The number of aromatic nitrogens is 3. The molecular weight excluding hydrogens is 340 g/mol. The lowest BCUT2D eigenvalue weighted by Gasteiger charge is -2.07. The van der Waals surface area contributed by atoms with Gasteiger partial charge in [-0.2, -0.15) is 0 Å². The van der Waals surface area contributed by atoms with Gasteiger partial charge < -0.3 is 15.2 Å². The summed E-state index contributed by atoms with van der Waals surface area (Å²) < 4.78 is 0. The number of aliphatic imine (C=N–C) groups is 1. The fraction of sp³-hybridized carbons (Fsp3) is 0.0952. The summed E-state index contributed by atoms with van der Waals surface area (Å²) in [5.41, 5.74) is 5.11. The molecule has 0 aliphatic carbocycles. The summed E-state index contributed by atoms with van der Waals surface area (Å²) in [6, 6.07) is 15.5. The molecule has 2 heterocycles. The summed E-state index contributed by atoms with van der Waals surface area (Å²) in [4.78, 5) is 16.3. The van der Waals surface area contributed by atoms with E-state index in [-0.39, 0.29) is 12.4 Å². The Kier molecular flexibility index (Phi) is 4.40. The van der Waals surface area contributed by atoms with Crippen LogP contribution in [0.5, 0.6) is 5.75 Å². The molecule has 0 fully saturated rings. The number of imidazole rings is 1. The first-order valence-corrected chi connectivity index (χ1v) is 8.53. The Morgan fingerprint density at radius 2 is 1.89 bits per heavy atom. The zero-order chi connectivity index (χ0) is 18.8. The quantitative estimate of drug-likeness (QED) is 0.483. The number of aliphatic hydroxyl groups is 1. The molecule has 27 heavy (non-hydrogen) atoms. The molecule has 6 nitrogen and oxygen atoms in total. The second-order valence-corrected chi connectivity index (χ2v) is 6.20. The van der Waals surface area contributed by atoms with E-state index in [1.54, 1.807) is 19.3 Å². The van der Waals surface area contributed by atoms with Crippen LogP contribution in [0.2, 0.25) is 0 Å². The molecule has 0 spiro atoms. The van der Waals surface area contributed by atoms with Crippen molar-refractivity contribution in [1.29, 1.82) is 0 Å². The Labute approximate surface area is 155 Å². The maximum atomic E-state index is 10.2. The molecule has 4 rings (SSSR count). The fourth-order valence-electron chi connectivity index (χ4n) is 2.86. The number of aryl methyl sites for hydroxylation is 1. The van der Waals surface area contributed by atoms with Gasteiger partial charge in [0.1, 0.15) is 11.6 Å². The molecule has 134 valence electrons. The van der Waals surface area contributed by atoms with E-state index in [0.717, 1.165) is 28.1 Å². The maximum absolute atomic E-state index is 10.2. The average Bonchev–Trinajstić information content (AvgIpc) is 3.13. The predicted molar refractivity (Wildman–Crippen MR) is 105 cm³/mol. The largest absolute Gasteiger partial charge is 0.505 e. The van der Waals surface area contributed by atoms with Gasteiger partial charge in [-0.3, -0.25) is 9.98 Å². The van der Waals surface area contributed by atoms with Gasteiger partial charge in [0, 0.05) is 29.1 Å². The van der Waals surface area contributed by atoms with Crippen molar-refractivity contribution in [2.24, 2.45) is 4.99 Å². The molecule has 0 saturated carbocycles. The van der Waals surface area contributed by atoms with Gasteiger partial charge in [-0.15, -0.1) is 0 Å². The van der Waals surface area contributed by atoms with Gasteiger partial charge in [0.25, 0.3) is 0 Å². The molecule has 0 radical (unpaired) electrons. The Morgan fingerprint density at radius 3 is 2.63 bits per heavy atom. The molecule has 3 N–H and O–H groups in total. The molecule has 0 unspecified atom stereocenters. The first-order chi connectivity index (χ1) is 13.2. The Hall–Kier alpha value is -3.51. The highest BCUT2D eigenvalue weighted by molar-refractivity contribution is 5.87. The van der Waals surface area contributed by atoms with E-state index < -0.39 is 0 Å². The molecular formula is C21H18N4O2. The molecule has 0 amide bonds. The van der Waals surface area contributed by atoms with E-state index in [2.05, 4.69) is 19.9 Å². The average molecular weight is 358 g/mol. The van der Waals surface area contributed by atoms with Crippen molar-refractivity contribution in [2.45, 2.75) is 13.5 Å². The predicted octanol–water partition coefficient (Wildman–Crippen LogP) is 3.88. The number of para-hydroxylation sites is 2. The number of hydrogen-bond donors (Lipinski definition) is 3. The van der Waals surface area contributed by atoms with Crippen LogP contribution in [0.3, 0.4) is 0 Å². The van der Waals surface area contributed by atoms with Gasteiger partial charge in [0.05, 0.1) is 29.0 Å². The number of fused-ring (bicyclic) bond motifs is 1. The SMILES string of the molecule is Cc1ncc(CO)c(C=Nc2ccc(-c3nc4ccccc4[nH]3)cc2)c1O. The second-order valence-electron chi connectivity index (χ2n) is 6.20. The molecule has 0 atom stereocenters. The van der Waals surface area contributed by atoms with Crippen LogP contribution < -0.4 is 0 Å². The number of pyridine rings is 1. The molecule has 0 saturated heterocycles. The fourth-order valence-corrected chi connectivity index (χ4v) is 2.86. The minimum absolute atomic E-state index is 0.0317. The number of hydrogen-bond acceptors (Lipinski definition) is 5. The number of H-pyrrole nitrogens is 1. The number of benzene rings is 2. The highest BCUT2D eigenvalue weighted by Gasteiger charge is 2.09. The van der Waals surface area contributed by atoms with Crippen LogP contribution in [0.4, 0.5) is 5.69 Å². The van der Waals surface area contributed by atoms with Crippen molar-refractivity contribution in [2.75, 3.05) is 0 Å². The number of rotatable bonds is 4. The number of nitrogens with zero attached hydrogens (tertiary/aromatic N) is 3. The van der Waals surface area contributed by atoms with Crippen LogP contribution >= 0.6 is 0 Å². The molecule has 0 aliphatic heterocycles. The second kappa shape index (κ2) is 7.01. The summed E-state index contributed by atoms with van der Waals surface area (Å²) in [6.45, 7) is 1.49. The number of aromatic hydroxyl groups is 1. The summed E-state index contributed by atoms with van der Waals surface area (Å²) in [5.74, 6) is 0.834. The molecule has 2 aromatic carbocycles. The number of nitrogens with one attached hydrogen (secondary N) is 1. The van der Waals surface area contributed by atoms with Crippen LogP contribution in [-0.2, 0) is 6.61 Å². The number of aliphatic hydroxyl groups excluding tert-OH is 1. The van der Waals surface area contributed by atoms with Gasteiger partial charge in [0.2, 0.25) is 0 Å². The lowest BCUT2D eigenvalue weighted by Crippen LogP contribution is -1.97. The van der Waals surface area contributed by atoms with Crippen molar-refractivity contribution in [3.8, 4) is 17.1 Å². The van der Waals surface area contributed by atoms with Crippen LogP contribution in [-0.4, -0.2) is 31.4 Å².